The molecule has 0 atom stereocenters. The van der Waals surface area contributed by atoms with Crippen molar-refractivity contribution in [2.75, 3.05) is 17.2 Å². The lowest BCUT2D eigenvalue weighted by molar-refractivity contribution is 0.0527. The maximum Gasteiger partial charge on any atom is 0.340 e. The van der Waals surface area contributed by atoms with Crippen molar-refractivity contribution in [3.63, 3.8) is 0 Å². The summed E-state index contributed by atoms with van der Waals surface area (Å²) < 4.78 is 5.09. The van der Waals surface area contributed by atoms with E-state index >= 15 is 0 Å². The fourth-order valence-corrected chi connectivity index (χ4v) is 2.65. The number of rotatable bonds is 7. The number of nitrogens with one attached hydrogen (secondary N) is 2. The standard InChI is InChI=1S/C20H19ClN4O2/c1-2-27-19(26)15-8-4-6-10-17(15)24-18-11-12-22-20(25-18)23-13-14-7-3-5-9-16(14)21/h3-12H,2,13H2,1H3,(H2,22,23,24,25). The molecule has 1 aromatic heterocycles. The van der Waals surface area contributed by atoms with E-state index in [0.29, 0.717) is 41.2 Å². The first-order valence-corrected chi connectivity index (χ1v) is 8.88. The summed E-state index contributed by atoms with van der Waals surface area (Å²) in [6.07, 6.45) is 1.64. The second-order valence-electron chi connectivity index (χ2n) is 5.60. The van der Waals surface area contributed by atoms with Crippen molar-refractivity contribution in [3.05, 3.63) is 76.9 Å². The number of esters is 1. The van der Waals surface area contributed by atoms with E-state index in [9.17, 15) is 4.79 Å². The van der Waals surface area contributed by atoms with E-state index in [-0.39, 0.29) is 5.97 Å². The van der Waals surface area contributed by atoms with Crippen LogP contribution in [0.15, 0.2) is 60.8 Å². The molecule has 0 aliphatic carbocycles. The number of carbonyl (C=O) groups excluding carboxylic acids is 1. The van der Waals surface area contributed by atoms with Gasteiger partial charge < -0.3 is 15.4 Å². The summed E-state index contributed by atoms with van der Waals surface area (Å²) in [4.78, 5) is 20.7. The summed E-state index contributed by atoms with van der Waals surface area (Å²) in [5, 5.41) is 6.97. The van der Waals surface area contributed by atoms with E-state index in [1.807, 2.05) is 30.3 Å². The maximum atomic E-state index is 12.1. The summed E-state index contributed by atoms with van der Waals surface area (Å²) in [6, 6.07) is 16.4. The van der Waals surface area contributed by atoms with Crippen molar-refractivity contribution < 1.29 is 9.53 Å². The average molecular weight is 383 g/mol. The number of hydrogen-bond acceptors (Lipinski definition) is 6. The Bertz CT molecular complexity index is 933. The van der Waals surface area contributed by atoms with Crippen molar-refractivity contribution in [1.82, 2.24) is 9.97 Å². The molecule has 27 heavy (non-hydrogen) atoms. The molecule has 2 N–H and O–H groups in total. The largest absolute Gasteiger partial charge is 0.462 e. The lowest BCUT2D eigenvalue weighted by atomic mass is 10.2. The Morgan fingerprint density at radius 1 is 1.11 bits per heavy atom. The molecule has 2 aromatic carbocycles. The number of aromatic nitrogens is 2. The van der Waals surface area contributed by atoms with Crippen LogP contribution < -0.4 is 10.6 Å². The van der Waals surface area contributed by atoms with Gasteiger partial charge in [0.05, 0.1) is 17.9 Å². The van der Waals surface area contributed by atoms with Gasteiger partial charge in [0, 0.05) is 17.8 Å². The molecular formula is C20H19ClN4O2. The average Bonchev–Trinajstić information content (AvgIpc) is 2.68. The van der Waals surface area contributed by atoms with E-state index in [0.717, 1.165) is 5.56 Å². The van der Waals surface area contributed by atoms with Crippen LogP contribution in [-0.4, -0.2) is 22.5 Å². The number of halogens is 1. The van der Waals surface area contributed by atoms with Crippen LogP contribution in [-0.2, 0) is 11.3 Å². The molecule has 0 radical (unpaired) electrons. The predicted octanol–water partition coefficient (Wildman–Crippen LogP) is 4.66. The minimum Gasteiger partial charge on any atom is -0.462 e. The highest BCUT2D eigenvalue weighted by molar-refractivity contribution is 6.31. The lowest BCUT2D eigenvalue weighted by Crippen LogP contribution is -2.09. The first-order valence-electron chi connectivity index (χ1n) is 8.51. The molecule has 1 heterocycles. The third-order valence-electron chi connectivity index (χ3n) is 3.74. The quantitative estimate of drug-likeness (QED) is 0.578. The molecule has 0 spiro atoms. The van der Waals surface area contributed by atoms with Gasteiger partial charge in [-0.1, -0.05) is 41.9 Å². The molecule has 0 unspecified atom stereocenters. The number of ether oxygens (including phenoxy) is 1. The topological polar surface area (TPSA) is 76.1 Å². The summed E-state index contributed by atoms with van der Waals surface area (Å²) in [6.45, 7) is 2.59. The normalized spacial score (nSPS) is 10.3. The minimum absolute atomic E-state index is 0.316. The third-order valence-corrected chi connectivity index (χ3v) is 4.10. The van der Waals surface area contributed by atoms with Crippen molar-refractivity contribution in [2.24, 2.45) is 0 Å². The Kier molecular flexibility index (Phi) is 6.22. The highest BCUT2D eigenvalue weighted by Gasteiger charge is 2.12. The highest BCUT2D eigenvalue weighted by Crippen LogP contribution is 2.21. The van der Waals surface area contributed by atoms with Crippen molar-refractivity contribution in [1.29, 1.82) is 0 Å². The maximum absolute atomic E-state index is 12.1. The summed E-state index contributed by atoms with van der Waals surface area (Å²) in [5.41, 5.74) is 2.02. The van der Waals surface area contributed by atoms with E-state index in [1.54, 1.807) is 37.4 Å². The molecule has 3 rings (SSSR count). The van der Waals surface area contributed by atoms with E-state index < -0.39 is 0 Å². The second-order valence-corrected chi connectivity index (χ2v) is 6.01. The molecule has 0 aliphatic heterocycles. The van der Waals surface area contributed by atoms with E-state index in [2.05, 4.69) is 20.6 Å². The van der Waals surface area contributed by atoms with Crippen LogP contribution in [0.3, 0.4) is 0 Å². The molecule has 0 saturated heterocycles. The Morgan fingerprint density at radius 3 is 2.70 bits per heavy atom. The van der Waals surface area contributed by atoms with Crippen LogP contribution in [0.1, 0.15) is 22.8 Å². The molecule has 0 amide bonds. The first-order chi connectivity index (χ1) is 13.2. The molecule has 0 aliphatic rings. The highest BCUT2D eigenvalue weighted by atomic mass is 35.5. The van der Waals surface area contributed by atoms with Gasteiger partial charge in [0.2, 0.25) is 5.95 Å². The van der Waals surface area contributed by atoms with Gasteiger partial charge in [-0.25, -0.2) is 9.78 Å². The molecule has 6 nitrogen and oxygen atoms in total. The number of benzene rings is 2. The fourth-order valence-electron chi connectivity index (χ4n) is 2.45. The van der Waals surface area contributed by atoms with Gasteiger partial charge in [-0.15, -0.1) is 0 Å². The van der Waals surface area contributed by atoms with Gasteiger partial charge in [-0.05, 0) is 36.8 Å². The SMILES string of the molecule is CCOC(=O)c1ccccc1Nc1ccnc(NCc2ccccc2Cl)n1. The van der Waals surface area contributed by atoms with Crippen LogP contribution in [0.2, 0.25) is 5.02 Å². The van der Waals surface area contributed by atoms with Crippen molar-refractivity contribution >= 4 is 35.0 Å². The van der Waals surface area contributed by atoms with Gasteiger partial charge in [-0.2, -0.15) is 4.98 Å². The van der Waals surface area contributed by atoms with Crippen LogP contribution in [0.5, 0.6) is 0 Å². The lowest BCUT2D eigenvalue weighted by Gasteiger charge is -2.12. The Balaban J connectivity index is 1.73. The van der Waals surface area contributed by atoms with Crippen LogP contribution in [0, 0.1) is 0 Å². The zero-order valence-corrected chi connectivity index (χ0v) is 15.5. The third kappa shape index (κ3) is 4.95. The van der Waals surface area contributed by atoms with Gasteiger partial charge in [0.15, 0.2) is 0 Å². The molecule has 0 fully saturated rings. The summed E-state index contributed by atoms with van der Waals surface area (Å²) >= 11 is 6.16. The summed E-state index contributed by atoms with van der Waals surface area (Å²) in [5.74, 6) is 0.628. The molecule has 0 saturated carbocycles. The van der Waals surface area contributed by atoms with Gasteiger partial charge >= 0.3 is 5.97 Å². The molecular weight excluding hydrogens is 364 g/mol. The van der Waals surface area contributed by atoms with E-state index in [1.165, 1.54) is 0 Å². The van der Waals surface area contributed by atoms with Crippen LogP contribution in [0.25, 0.3) is 0 Å². The molecule has 7 heteroatoms. The monoisotopic (exact) mass is 382 g/mol. The number of hydrogen-bond donors (Lipinski definition) is 2. The molecule has 0 bridgehead atoms. The number of para-hydroxylation sites is 1. The Hall–Kier alpha value is -3.12. The minimum atomic E-state index is -0.383. The van der Waals surface area contributed by atoms with Gasteiger partial charge in [-0.3, -0.25) is 0 Å². The van der Waals surface area contributed by atoms with Gasteiger partial charge in [0.1, 0.15) is 5.82 Å². The molecule has 138 valence electrons. The molecule has 3 aromatic rings. The summed E-state index contributed by atoms with van der Waals surface area (Å²) in [7, 11) is 0. The first kappa shape index (κ1) is 18.7. The van der Waals surface area contributed by atoms with Crippen molar-refractivity contribution in [2.45, 2.75) is 13.5 Å². The number of carbonyl (C=O) groups is 1. The zero-order valence-electron chi connectivity index (χ0n) is 14.8. The Labute approximate surface area is 162 Å². The van der Waals surface area contributed by atoms with Crippen LogP contribution >= 0.6 is 11.6 Å². The number of nitrogens with zero attached hydrogens (tertiary/aromatic N) is 2. The Morgan fingerprint density at radius 2 is 1.89 bits per heavy atom. The fraction of sp³-hybridized carbons (Fsp3) is 0.150. The second kappa shape index (κ2) is 9.00. The number of anilines is 3. The smallest absolute Gasteiger partial charge is 0.340 e. The van der Waals surface area contributed by atoms with Crippen LogP contribution in [0.4, 0.5) is 17.5 Å². The van der Waals surface area contributed by atoms with E-state index in [4.69, 9.17) is 16.3 Å². The zero-order chi connectivity index (χ0) is 19.1. The van der Waals surface area contributed by atoms with Crippen molar-refractivity contribution in [3.8, 4) is 0 Å². The van der Waals surface area contributed by atoms with Gasteiger partial charge in [0.25, 0.3) is 0 Å². The predicted molar refractivity (Wildman–Crippen MR) is 106 cm³/mol.